The van der Waals surface area contributed by atoms with Gasteiger partial charge in [0.25, 0.3) is 0 Å². The van der Waals surface area contributed by atoms with E-state index in [1.54, 1.807) is 0 Å². The number of ether oxygens (including phenoxy) is 1. The van der Waals surface area contributed by atoms with Gasteiger partial charge in [-0.2, -0.15) is 13.2 Å². The molecule has 0 amide bonds. The molecule has 4 nitrogen and oxygen atoms in total. The third-order valence-electron chi connectivity index (χ3n) is 2.48. The number of hydrogen-bond donors (Lipinski definition) is 1. The fourth-order valence-corrected chi connectivity index (χ4v) is 1.49. The monoisotopic (exact) mass is 284 g/mol. The van der Waals surface area contributed by atoms with Crippen molar-refractivity contribution >= 4 is 0 Å². The molecule has 0 aliphatic heterocycles. The fourth-order valence-electron chi connectivity index (χ4n) is 1.49. The third kappa shape index (κ3) is 3.67. The molecule has 0 bridgehead atoms. The van der Waals surface area contributed by atoms with Crippen molar-refractivity contribution in [2.45, 2.75) is 19.4 Å². The van der Waals surface area contributed by atoms with E-state index in [1.165, 1.54) is 24.5 Å². The number of aliphatic hydroxyl groups excluding tert-OH is 1. The molecule has 1 aromatic heterocycles. The molecule has 0 atom stereocenters. The van der Waals surface area contributed by atoms with Gasteiger partial charge in [0.15, 0.2) is 0 Å². The van der Waals surface area contributed by atoms with Crippen LogP contribution in [0.25, 0.3) is 0 Å². The Hall–Kier alpha value is -2.15. The summed E-state index contributed by atoms with van der Waals surface area (Å²) in [6, 6.07) is 4.88. The van der Waals surface area contributed by atoms with E-state index in [9.17, 15) is 13.2 Å². The van der Waals surface area contributed by atoms with E-state index in [0.717, 1.165) is 12.1 Å². The molecule has 0 saturated heterocycles. The molecule has 1 heterocycles. The smallest absolute Gasteiger partial charge is 0.416 e. The number of aliphatic hydroxyl groups is 1. The Morgan fingerprint density at radius 2 is 1.95 bits per heavy atom. The lowest BCUT2D eigenvalue weighted by molar-refractivity contribution is -0.137. The Morgan fingerprint density at radius 3 is 2.55 bits per heavy atom. The van der Waals surface area contributed by atoms with E-state index < -0.39 is 11.7 Å². The second-order valence-corrected chi connectivity index (χ2v) is 3.99. The number of benzene rings is 1. The predicted octanol–water partition coefficient (Wildman–Crippen LogP) is 2.57. The van der Waals surface area contributed by atoms with Crippen molar-refractivity contribution in [1.29, 1.82) is 0 Å². The van der Waals surface area contributed by atoms with Crippen molar-refractivity contribution in [1.82, 2.24) is 9.97 Å². The van der Waals surface area contributed by atoms with Crippen molar-refractivity contribution in [2.24, 2.45) is 0 Å². The van der Waals surface area contributed by atoms with Gasteiger partial charge >= 0.3 is 6.18 Å². The van der Waals surface area contributed by atoms with Gasteiger partial charge in [-0.3, -0.25) is 4.98 Å². The minimum Gasteiger partial charge on any atom is -0.472 e. The van der Waals surface area contributed by atoms with Crippen LogP contribution in [0.5, 0.6) is 5.88 Å². The van der Waals surface area contributed by atoms with Gasteiger partial charge in [-0.1, -0.05) is 12.1 Å². The predicted molar refractivity (Wildman–Crippen MR) is 63.7 cm³/mol. The summed E-state index contributed by atoms with van der Waals surface area (Å²) in [7, 11) is 0. The van der Waals surface area contributed by atoms with E-state index >= 15 is 0 Å². The highest BCUT2D eigenvalue weighted by molar-refractivity contribution is 5.25. The molecule has 0 radical (unpaired) electrons. The number of rotatable bonds is 4. The van der Waals surface area contributed by atoms with Crippen molar-refractivity contribution in [2.75, 3.05) is 0 Å². The average Bonchev–Trinajstić information content (AvgIpc) is 2.45. The lowest BCUT2D eigenvalue weighted by Gasteiger charge is -2.09. The molecule has 0 saturated carbocycles. The van der Waals surface area contributed by atoms with Gasteiger partial charge in [0, 0.05) is 0 Å². The highest BCUT2D eigenvalue weighted by Crippen LogP contribution is 2.29. The van der Waals surface area contributed by atoms with E-state index in [0.29, 0.717) is 11.3 Å². The molecule has 0 aliphatic rings. The second-order valence-electron chi connectivity index (χ2n) is 3.99. The summed E-state index contributed by atoms with van der Waals surface area (Å²) in [6.45, 7) is -0.280. The zero-order chi connectivity index (χ0) is 14.6. The van der Waals surface area contributed by atoms with Crippen LogP contribution in [0.3, 0.4) is 0 Å². The SMILES string of the molecule is OCc1cnc(OCc2cccc(C(F)(F)F)c2)cn1. The topological polar surface area (TPSA) is 55.2 Å². The maximum atomic E-state index is 12.5. The summed E-state index contributed by atoms with van der Waals surface area (Å²) >= 11 is 0. The zero-order valence-electron chi connectivity index (χ0n) is 10.3. The summed E-state index contributed by atoms with van der Waals surface area (Å²) in [5.41, 5.74) is 0.0459. The van der Waals surface area contributed by atoms with Crippen LogP contribution in [0.2, 0.25) is 0 Å². The van der Waals surface area contributed by atoms with Crippen molar-refractivity contribution < 1.29 is 23.0 Å². The Kier molecular flexibility index (Phi) is 4.19. The van der Waals surface area contributed by atoms with Crippen LogP contribution in [-0.4, -0.2) is 15.1 Å². The highest BCUT2D eigenvalue weighted by atomic mass is 19.4. The van der Waals surface area contributed by atoms with Gasteiger partial charge in [0.1, 0.15) is 6.61 Å². The first-order valence-electron chi connectivity index (χ1n) is 5.70. The maximum Gasteiger partial charge on any atom is 0.416 e. The van der Waals surface area contributed by atoms with Crippen LogP contribution in [-0.2, 0) is 19.4 Å². The molecule has 1 N–H and O–H groups in total. The Morgan fingerprint density at radius 1 is 1.15 bits per heavy atom. The number of hydrogen-bond acceptors (Lipinski definition) is 4. The molecule has 0 aliphatic carbocycles. The fraction of sp³-hybridized carbons (Fsp3) is 0.231. The minimum atomic E-state index is -4.38. The summed E-state index contributed by atoms with van der Waals surface area (Å²) in [5, 5.41) is 8.79. The summed E-state index contributed by atoms with van der Waals surface area (Å²) in [5.74, 6) is 0.180. The summed E-state index contributed by atoms with van der Waals surface area (Å²) in [4.78, 5) is 7.72. The molecule has 1 aromatic carbocycles. The summed E-state index contributed by atoms with van der Waals surface area (Å²) < 4.78 is 42.8. The minimum absolute atomic E-state index is 0.0446. The first-order chi connectivity index (χ1) is 9.49. The van der Waals surface area contributed by atoms with E-state index in [-0.39, 0.29) is 19.1 Å². The molecule has 0 unspecified atom stereocenters. The van der Waals surface area contributed by atoms with Gasteiger partial charge in [0.05, 0.1) is 30.3 Å². The van der Waals surface area contributed by atoms with Crippen LogP contribution < -0.4 is 4.74 Å². The molecule has 106 valence electrons. The number of aromatic nitrogens is 2. The van der Waals surface area contributed by atoms with Crippen LogP contribution in [0, 0.1) is 0 Å². The lowest BCUT2D eigenvalue weighted by Crippen LogP contribution is -2.06. The molecule has 7 heteroatoms. The second kappa shape index (κ2) is 5.87. The van der Waals surface area contributed by atoms with Gasteiger partial charge in [-0.05, 0) is 17.7 Å². The van der Waals surface area contributed by atoms with Gasteiger partial charge in [-0.25, -0.2) is 4.98 Å². The van der Waals surface area contributed by atoms with E-state index in [1.807, 2.05) is 0 Å². The van der Waals surface area contributed by atoms with E-state index in [4.69, 9.17) is 9.84 Å². The first kappa shape index (κ1) is 14.3. The van der Waals surface area contributed by atoms with Crippen LogP contribution >= 0.6 is 0 Å². The quantitative estimate of drug-likeness (QED) is 0.937. The molecular weight excluding hydrogens is 273 g/mol. The number of nitrogens with zero attached hydrogens (tertiary/aromatic N) is 2. The molecule has 2 rings (SSSR count). The zero-order valence-corrected chi connectivity index (χ0v) is 10.3. The molecule has 20 heavy (non-hydrogen) atoms. The van der Waals surface area contributed by atoms with Gasteiger partial charge in [-0.15, -0.1) is 0 Å². The number of alkyl halides is 3. The van der Waals surface area contributed by atoms with Crippen LogP contribution in [0.4, 0.5) is 13.2 Å². The largest absolute Gasteiger partial charge is 0.472 e. The Labute approximate surface area is 112 Å². The third-order valence-corrected chi connectivity index (χ3v) is 2.48. The summed E-state index contributed by atoms with van der Waals surface area (Å²) in [6.07, 6.45) is -1.74. The van der Waals surface area contributed by atoms with Gasteiger partial charge in [0.2, 0.25) is 5.88 Å². The molecular formula is C13H11F3N2O2. The Bertz CT molecular complexity index is 571. The van der Waals surface area contributed by atoms with Crippen LogP contribution in [0.15, 0.2) is 36.7 Å². The number of halogens is 3. The van der Waals surface area contributed by atoms with Crippen molar-refractivity contribution in [3.05, 3.63) is 53.5 Å². The van der Waals surface area contributed by atoms with Crippen molar-refractivity contribution in [3.63, 3.8) is 0 Å². The molecule has 2 aromatic rings. The normalized spacial score (nSPS) is 11.4. The van der Waals surface area contributed by atoms with Crippen molar-refractivity contribution in [3.8, 4) is 5.88 Å². The lowest BCUT2D eigenvalue weighted by atomic mass is 10.1. The first-order valence-corrected chi connectivity index (χ1v) is 5.70. The molecule has 0 spiro atoms. The van der Waals surface area contributed by atoms with Gasteiger partial charge < -0.3 is 9.84 Å². The maximum absolute atomic E-state index is 12.5. The Balaban J connectivity index is 2.03. The molecule has 0 fully saturated rings. The standard InChI is InChI=1S/C13H11F3N2O2/c14-13(15,16)10-3-1-2-9(4-10)8-20-12-6-17-11(7-19)5-18-12/h1-6,19H,7-8H2. The van der Waals surface area contributed by atoms with Crippen LogP contribution in [0.1, 0.15) is 16.8 Å². The van der Waals surface area contributed by atoms with E-state index in [2.05, 4.69) is 9.97 Å². The highest BCUT2D eigenvalue weighted by Gasteiger charge is 2.30. The average molecular weight is 284 g/mol.